The van der Waals surface area contributed by atoms with Crippen LogP contribution < -0.4 is 14.8 Å². The molecule has 0 spiro atoms. The molecule has 0 aliphatic heterocycles. The molecule has 0 aliphatic carbocycles. The second-order valence-electron chi connectivity index (χ2n) is 3.76. The predicted molar refractivity (Wildman–Crippen MR) is 67.5 cm³/mol. The van der Waals surface area contributed by atoms with Crippen molar-refractivity contribution in [3.05, 3.63) is 18.2 Å². The van der Waals surface area contributed by atoms with Crippen molar-refractivity contribution in [1.82, 2.24) is 0 Å². The molecule has 0 fully saturated rings. The average molecular weight is 223 g/mol. The maximum absolute atomic E-state index is 5.23. The molecule has 0 radical (unpaired) electrons. The van der Waals surface area contributed by atoms with Crippen molar-refractivity contribution in [2.24, 2.45) is 0 Å². The molecule has 0 unspecified atom stereocenters. The summed E-state index contributed by atoms with van der Waals surface area (Å²) < 4.78 is 10.5. The number of hydrogen-bond acceptors (Lipinski definition) is 3. The summed E-state index contributed by atoms with van der Waals surface area (Å²) in [5.74, 6) is 1.63. The molecule has 0 amide bonds. The third-order valence-corrected chi connectivity index (χ3v) is 2.71. The normalized spacial score (nSPS) is 10.3. The Balaban J connectivity index is 2.85. The second-order valence-corrected chi connectivity index (χ2v) is 3.76. The Morgan fingerprint density at radius 3 is 1.88 bits per heavy atom. The van der Waals surface area contributed by atoms with E-state index in [1.165, 1.54) is 0 Å². The summed E-state index contributed by atoms with van der Waals surface area (Å²) in [6.45, 7) is 4.36. The summed E-state index contributed by atoms with van der Waals surface area (Å²) in [7, 11) is 3.32. The number of anilines is 1. The maximum Gasteiger partial charge on any atom is 0.124 e. The number of hydrogen-bond donors (Lipinski definition) is 1. The van der Waals surface area contributed by atoms with E-state index < -0.39 is 0 Å². The van der Waals surface area contributed by atoms with Crippen LogP contribution in [0.3, 0.4) is 0 Å². The number of benzene rings is 1. The summed E-state index contributed by atoms with van der Waals surface area (Å²) >= 11 is 0. The molecule has 0 saturated heterocycles. The number of rotatable bonds is 6. The highest BCUT2D eigenvalue weighted by Crippen LogP contribution is 2.26. The van der Waals surface area contributed by atoms with E-state index in [1.807, 2.05) is 18.2 Å². The molecule has 90 valence electrons. The molecule has 16 heavy (non-hydrogen) atoms. The molecular formula is C13H21NO2. The van der Waals surface area contributed by atoms with E-state index in [-0.39, 0.29) is 0 Å². The zero-order valence-electron chi connectivity index (χ0n) is 10.5. The number of ether oxygens (including phenoxy) is 2. The van der Waals surface area contributed by atoms with Gasteiger partial charge in [-0.25, -0.2) is 0 Å². The second kappa shape index (κ2) is 6.26. The van der Waals surface area contributed by atoms with E-state index in [4.69, 9.17) is 9.47 Å². The molecule has 0 aliphatic rings. The van der Waals surface area contributed by atoms with Gasteiger partial charge >= 0.3 is 0 Å². The van der Waals surface area contributed by atoms with Gasteiger partial charge in [0.25, 0.3) is 0 Å². The van der Waals surface area contributed by atoms with Crippen LogP contribution in [0.15, 0.2) is 18.2 Å². The minimum atomic E-state index is 0.497. The van der Waals surface area contributed by atoms with Crippen LogP contribution in [0.1, 0.15) is 26.7 Å². The van der Waals surface area contributed by atoms with Gasteiger partial charge in [0.15, 0.2) is 0 Å². The third-order valence-electron chi connectivity index (χ3n) is 2.71. The quantitative estimate of drug-likeness (QED) is 0.802. The van der Waals surface area contributed by atoms with Crippen LogP contribution in [-0.4, -0.2) is 20.3 Å². The highest BCUT2D eigenvalue weighted by atomic mass is 16.5. The van der Waals surface area contributed by atoms with Gasteiger partial charge in [-0.15, -0.1) is 0 Å². The van der Waals surface area contributed by atoms with E-state index in [1.54, 1.807) is 14.2 Å². The summed E-state index contributed by atoms with van der Waals surface area (Å²) in [6, 6.07) is 6.34. The summed E-state index contributed by atoms with van der Waals surface area (Å²) in [5, 5.41) is 3.47. The van der Waals surface area contributed by atoms with Gasteiger partial charge in [-0.3, -0.25) is 0 Å². The fourth-order valence-corrected chi connectivity index (χ4v) is 1.62. The lowest BCUT2D eigenvalue weighted by molar-refractivity contribution is 0.394. The molecule has 1 aromatic carbocycles. The summed E-state index contributed by atoms with van der Waals surface area (Å²) in [5.41, 5.74) is 1.05. The molecule has 0 saturated carbocycles. The smallest absolute Gasteiger partial charge is 0.124 e. The Morgan fingerprint density at radius 2 is 1.50 bits per heavy atom. The zero-order chi connectivity index (χ0) is 12.0. The van der Waals surface area contributed by atoms with Crippen LogP contribution in [0.25, 0.3) is 0 Å². The van der Waals surface area contributed by atoms with Crippen molar-refractivity contribution in [2.45, 2.75) is 32.7 Å². The maximum atomic E-state index is 5.23. The number of nitrogens with one attached hydrogen (secondary N) is 1. The molecule has 0 aromatic heterocycles. The highest BCUT2D eigenvalue weighted by Gasteiger charge is 2.06. The Labute approximate surface area is 97.8 Å². The molecule has 1 rings (SSSR count). The Bertz CT molecular complexity index is 299. The third kappa shape index (κ3) is 3.33. The van der Waals surface area contributed by atoms with Crippen LogP contribution >= 0.6 is 0 Å². The van der Waals surface area contributed by atoms with Crippen molar-refractivity contribution < 1.29 is 9.47 Å². The molecule has 3 heteroatoms. The van der Waals surface area contributed by atoms with Gasteiger partial charge in [0.1, 0.15) is 11.5 Å². The van der Waals surface area contributed by atoms with Gasteiger partial charge in [-0.2, -0.15) is 0 Å². The van der Waals surface area contributed by atoms with Gasteiger partial charge in [0.05, 0.1) is 14.2 Å². The minimum absolute atomic E-state index is 0.497. The first-order valence-electron chi connectivity index (χ1n) is 5.73. The first-order valence-corrected chi connectivity index (χ1v) is 5.73. The lowest BCUT2D eigenvalue weighted by Crippen LogP contribution is -2.16. The molecule has 3 nitrogen and oxygen atoms in total. The fourth-order valence-electron chi connectivity index (χ4n) is 1.62. The van der Waals surface area contributed by atoms with E-state index in [0.29, 0.717) is 6.04 Å². The summed E-state index contributed by atoms with van der Waals surface area (Å²) in [6.07, 6.45) is 2.21. The van der Waals surface area contributed by atoms with Crippen molar-refractivity contribution in [3.8, 4) is 11.5 Å². The van der Waals surface area contributed by atoms with Gasteiger partial charge in [-0.1, -0.05) is 13.8 Å². The van der Waals surface area contributed by atoms with Crippen molar-refractivity contribution in [2.75, 3.05) is 19.5 Å². The zero-order valence-corrected chi connectivity index (χ0v) is 10.5. The van der Waals surface area contributed by atoms with Crippen LogP contribution in [-0.2, 0) is 0 Å². The largest absolute Gasteiger partial charge is 0.497 e. The van der Waals surface area contributed by atoms with E-state index in [0.717, 1.165) is 30.0 Å². The first-order chi connectivity index (χ1) is 7.73. The molecule has 0 atom stereocenters. The van der Waals surface area contributed by atoms with E-state index in [2.05, 4.69) is 19.2 Å². The molecular weight excluding hydrogens is 202 g/mol. The SMILES string of the molecule is CCC(CC)Nc1cc(OC)cc(OC)c1. The predicted octanol–water partition coefficient (Wildman–Crippen LogP) is 3.30. The monoisotopic (exact) mass is 223 g/mol. The van der Waals surface area contributed by atoms with Gasteiger partial charge in [0.2, 0.25) is 0 Å². The van der Waals surface area contributed by atoms with Crippen LogP contribution in [0.4, 0.5) is 5.69 Å². The first kappa shape index (κ1) is 12.7. The van der Waals surface area contributed by atoms with E-state index >= 15 is 0 Å². The molecule has 1 aromatic rings. The highest BCUT2D eigenvalue weighted by molar-refractivity contribution is 5.54. The number of methoxy groups -OCH3 is 2. The summed E-state index contributed by atoms with van der Waals surface area (Å²) in [4.78, 5) is 0. The van der Waals surface area contributed by atoms with Crippen molar-refractivity contribution in [1.29, 1.82) is 0 Å². The lowest BCUT2D eigenvalue weighted by atomic mass is 10.1. The van der Waals surface area contributed by atoms with Crippen molar-refractivity contribution >= 4 is 5.69 Å². The topological polar surface area (TPSA) is 30.5 Å². The average Bonchev–Trinajstić information content (AvgIpc) is 2.35. The molecule has 1 N–H and O–H groups in total. The van der Waals surface area contributed by atoms with Crippen LogP contribution in [0, 0.1) is 0 Å². The van der Waals surface area contributed by atoms with Gasteiger partial charge < -0.3 is 14.8 Å². The molecule has 0 heterocycles. The minimum Gasteiger partial charge on any atom is -0.497 e. The van der Waals surface area contributed by atoms with Crippen LogP contribution in [0.5, 0.6) is 11.5 Å². The van der Waals surface area contributed by atoms with Gasteiger partial charge in [0, 0.05) is 29.9 Å². The lowest BCUT2D eigenvalue weighted by Gasteiger charge is -2.17. The Morgan fingerprint density at radius 1 is 1.00 bits per heavy atom. The Hall–Kier alpha value is -1.38. The standard InChI is InChI=1S/C13H21NO2/c1-5-10(6-2)14-11-7-12(15-3)9-13(8-11)16-4/h7-10,14H,5-6H2,1-4H3. The van der Waals surface area contributed by atoms with Crippen LogP contribution in [0.2, 0.25) is 0 Å². The van der Waals surface area contributed by atoms with Crippen molar-refractivity contribution in [3.63, 3.8) is 0 Å². The van der Waals surface area contributed by atoms with E-state index in [9.17, 15) is 0 Å². The Kier molecular flexibility index (Phi) is 4.96. The van der Waals surface area contributed by atoms with Gasteiger partial charge in [-0.05, 0) is 12.8 Å². The molecule has 0 bridgehead atoms. The fraction of sp³-hybridized carbons (Fsp3) is 0.538.